The zero-order chi connectivity index (χ0) is 16.0. The molecule has 0 fully saturated rings. The van der Waals surface area contributed by atoms with E-state index >= 15 is 0 Å². The van der Waals surface area contributed by atoms with Gasteiger partial charge in [0, 0.05) is 13.3 Å². The Hall–Kier alpha value is -2.44. The van der Waals surface area contributed by atoms with E-state index in [0.29, 0.717) is 5.56 Å². The van der Waals surface area contributed by atoms with Gasteiger partial charge in [-0.05, 0) is 24.6 Å². The van der Waals surface area contributed by atoms with Gasteiger partial charge in [0.1, 0.15) is 17.9 Å². The van der Waals surface area contributed by atoms with Crippen molar-refractivity contribution < 1.29 is 23.9 Å². The van der Waals surface area contributed by atoms with Gasteiger partial charge in [0.15, 0.2) is 0 Å². The molecule has 6 nitrogen and oxygen atoms in total. The molecule has 114 valence electrons. The molecule has 3 N–H and O–H groups in total. The molecule has 2 amide bonds. The van der Waals surface area contributed by atoms with Crippen LogP contribution in [0.3, 0.4) is 0 Å². The van der Waals surface area contributed by atoms with Crippen molar-refractivity contribution in [1.82, 2.24) is 10.6 Å². The van der Waals surface area contributed by atoms with Gasteiger partial charge in [0.05, 0.1) is 0 Å². The van der Waals surface area contributed by atoms with Gasteiger partial charge < -0.3 is 15.7 Å². The minimum absolute atomic E-state index is 0.0650. The first-order chi connectivity index (χ1) is 9.79. The number of benzene rings is 1. The van der Waals surface area contributed by atoms with Crippen LogP contribution in [0.1, 0.15) is 19.4 Å². The van der Waals surface area contributed by atoms with E-state index in [1.165, 1.54) is 32.0 Å². The summed E-state index contributed by atoms with van der Waals surface area (Å²) in [6, 6.07) is 3.58. The molecule has 0 aliphatic carbocycles. The van der Waals surface area contributed by atoms with Crippen LogP contribution in [0.4, 0.5) is 4.39 Å². The molecule has 0 aliphatic heterocycles. The van der Waals surface area contributed by atoms with Crippen molar-refractivity contribution in [2.24, 2.45) is 0 Å². The molecule has 7 heteroatoms. The van der Waals surface area contributed by atoms with Crippen LogP contribution >= 0.6 is 0 Å². The second-order valence-corrected chi connectivity index (χ2v) is 4.66. The van der Waals surface area contributed by atoms with E-state index in [1.54, 1.807) is 6.07 Å². The second-order valence-electron chi connectivity index (χ2n) is 4.66. The summed E-state index contributed by atoms with van der Waals surface area (Å²) in [5, 5.41) is 13.5. The number of carboxylic acid groups (broad SMARTS) is 1. The molecule has 0 unspecified atom stereocenters. The first-order valence-electron chi connectivity index (χ1n) is 6.34. The van der Waals surface area contributed by atoms with Crippen LogP contribution in [0.2, 0.25) is 0 Å². The van der Waals surface area contributed by atoms with Gasteiger partial charge in [0.25, 0.3) is 0 Å². The molecule has 0 bridgehead atoms. The topological polar surface area (TPSA) is 95.5 Å². The summed E-state index contributed by atoms with van der Waals surface area (Å²) in [7, 11) is 0. The molecule has 0 saturated heterocycles. The number of halogens is 1. The van der Waals surface area contributed by atoms with E-state index < -0.39 is 35.7 Å². The predicted octanol–water partition coefficient (Wildman–Crippen LogP) is 0.462. The second kappa shape index (κ2) is 7.37. The molecular formula is C14H17FN2O4. The van der Waals surface area contributed by atoms with E-state index in [0.717, 1.165) is 0 Å². The molecule has 0 aromatic heterocycles. The third-order valence-corrected chi connectivity index (χ3v) is 2.75. The molecule has 1 aromatic rings. The van der Waals surface area contributed by atoms with Gasteiger partial charge >= 0.3 is 5.97 Å². The number of hydrogen-bond donors (Lipinski definition) is 3. The third kappa shape index (κ3) is 5.60. The average Bonchev–Trinajstić information content (AvgIpc) is 2.37. The Labute approximate surface area is 121 Å². The summed E-state index contributed by atoms with van der Waals surface area (Å²) in [6.07, 6.45) is 0.0650. The number of amides is 2. The number of carbonyl (C=O) groups excluding carboxylic acids is 2. The van der Waals surface area contributed by atoms with Crippen molar-refractivity contribution in [1.29, 1.82) is 0 Å². The monoisotopic (exact) mass is 296 g/mol. The smallest absolute Gasteiger partial charge is 0.325 e. The van der Waals surface area contributed by atoms with Crippen molar-refractivity contribution >= 4 is 17.8 Å². The largest absolute Gasteiger partial charge is 0.480 e. The molecule has 21 heavy (non-hydrogen) atoms. The van der Waals surface area contributed by atoms with Crippen molar-refractivity contribution in [2.75, 3.05) is 0 Å². The van der Waals surface area contributed by atoms with Crippen LogP contribution in [-0.4, -0.2) is 35.0 Å². The standard InChI is InChI=1S/C14H17FN2O4/c1-8(14(20)21)16-13(19)12(17-9(2)18)7-10-4-3-5-11(15)6-10/h3-6,8,12H,7H2,1-2H3,(H,16,19)(H,17,18)(H,20,21)/t8-,12-/m0/s1. The fourth-order valence-electron chi connectivity index (χ4n) is 1.73. The fourth-order valence-corrected chi connectivity index (χ4v) is 1.73. The number of carbonyl (C=O) groups is 3. The van der Waals surface area contributed by atoms with Gasteiger partial charge in [-0.3, -0.25) is 14.4 Å². The van der Waals surface area contributed by atoms with E-state index in [-0.39, 0.29) is 6.42 Å². The summed E-state index contributed by atoms with van der Waals surface area (Å²) in [5.74, 6) is -2.71. The Kier molecular flexibility index (Phi) is 5.83. The lowest BCUT2D eigenvalue weighted by molar-refractivity contribution is -0.141. The van der Waals surface area contributed by atoms with Crippen LogP contribution in [0, 0.1) is 5.82 Å². The van der Waals surface area contributed by atoms with Crippen molar-refractivity contribution in [2.45, 2.75) is 32.4 Å². The number of rotatable bonds is 6. The zero-order valence-corrected chi connectivity index (χ0v) is 11.7. The fraction of sp³-hybridized carbons (Fsp3) is 0.357. The molecule has 1 rings (SSSR count). The van der Waals surface area contributed by atoms with Gasteiger partial charge in [-0.15, -0.1) is 0 Å². The van der Waals surface area contributed by atoms with Crippen LogP contribution < -0.4 is 10.6 Å². The molecule has 0 aliphatic rings. The van der Waals surface area contributed by atoms with E-state index in [9.17, 15) is 18.8 Å². The third-order valence-electron chi connectivity index (χ3n) is 2.75. The van der Waals surface area contributed by atoms with Crippen molar-refractivity contribution in [3.05, 3.63) is 35.6 Å². The number of nitrogens with one attached hydrogen (secondary N) is 2. The number of aliphatic carboxylic acids is 1. The Morgan fingerprint density at radius 2 is 1.95 bits per heavy atom. The Balaban J connectivity index is 2.82. The van der Waals surface area contributed by atoms with Crippen LogP contribution in [-0.2, 0) is 20.8 Å². The first kappa shape index (κ1) is 16.6. The molecule has 0 heterocycles. The molecule has 0 saturated carbocycles. The van der Waals surface area contributed by atoms with Gasteiger partial charge in [-0.2, -0.15) is 0 Å². The molecule has 0 radical (unpaired) electrons. The SMILES string of the molecule is CC(=O)N[C@@H](Cc1cccc(F)c1)C(=O)N[C@@H](C)C(=O)O. The van der Waals surface area contributed by atoms with Crippen LogP contribution in [0.5, 0.6) is 0 Å². The Morgan fingerprint density at radius 3 is 2.48 bits per heavy atom. The van der Waals surface area contributed by atoms with Crippen molar-refractivity contribution in [3.8, 4) is 0 Å². The van der Waals surface area contributed by atoms with Gasteiger partial charge in [-0.1, -0.05) is 12.1 Å². The summed E-state index contributed by atoms with van der Waals surface area (Å²) in [4.78, 5) is 33.9. The van der Waals surface area contributed by atoms with Crippen molar-refractivity contribution in [3.63, 3.8) is 0 Å². The summed E-state index contributed by atoms with van der Waals surface area (Å²) in [5.41, 5.74) is 0.520. The molecule has 1 aromatic carbocycles. The number of carboxylic acids is 1. The minimum Gasteiger partial charge on any atom is -0.480 e. The lowest BCUT2D eigenvalue weighted by Crippen LogP contribution is -2.51. The summed E-state index contributed by atoms with van der Waals surface area (Å²) < 4.78 is 13.1. The number of hydrogen-bond acceptors (Lipinski definition) is 3. The minimum atomic E-state index is -1.18. The average molecular weight is 296 g/mol. The zero-order valence-electron chi connectivity index (χ0n) is 11.7. The highest BCUT2D eigenvalue weighted by Gasteiger charge is 2.23. The van der Waals surface area contributed by atoms with Crippen LogP contribution in [0.15, 0.2) is 24.3 Å². The van der Waals surface area contributed by atoms with E-state index in [2.05, 4.69) is 10.6 Å². The molecule has 2 atom stereocenters. The van der Waals surface area contributed by atoms with E-state index in [1.807, 2.05) is 0 Å². The lowest BCUT2D eigenvalue weighted by atomic mass is 10.0. The van der Waals surface area contributed by atoms with Gasteiger partial charge in [0.2, 0.25) is 11.8 Å². The van der Waals surface area contributed by atoms with Gasteiger partial charge in [-0.25, -0.2) is 4.39 Å². The maximum Gasteiger partial charge on any atom is 0.325 e. The summed E-state index contributed by atoms with van der Waals surface area (Å²) >= 11 is 0. The first-order valence-corrected chi connectivity index (χ1v) is 6.34. The Bertz CT molecular complexity index is 548. The summed E-state index contributed by atoms with van der Waals surface area (Å²) in [6.45, 7) is 2.56. The van der Waals surface area contributed by atoms with E-state index in [4.69, 9.17) is 5.11 Å². The Morgan fingerprint density at radius 1 is 1.29 bits per heavy atom. The highest BCUT2D eigenvalue weighted by molar-refractivity contribution is 5.90. The lowest BCUT2D eigenvalue weighted by Gasteiger charge is -2.19. The molecular weight excluding hydrogens is 279 g/mol. The molecule has 0 spiro atoms. The maximum atomic E-state index is 13.1. The highest BCUT2D eigenvalue weighted by atomic mass is 19.1. The quantitative estimate of drug-likeness (QED) is 0.711. The normalized spacial score (nSPS) is 13.1. The van der Waals surface area contributed by atoms with Crippen LogP contribution in [0.25, 0.3) is 0 Å². The highest BCUT2D eigenvalue weighted by Crippen LogP contribution is 2.07. The predicted molar refractivity (Wildman–Crippen MR) is 72.9 cm³/mol. The maximum absolute atomic E-state index is 13.1.